The van der Waals surface area contributed by atoms with Gasteiger partial charge in [0.05, 0.1) is 10.7 Å². The number of likely N-dealkylation sites (tertiary alicyclic amines) is 1. The first kappa shape index (κ1) is 11.2. The number of likely N-dealkylation sites (N-methyl/N-ethyl adjacent to an activating group) is 1. The molecule has 0 aliphatic carbocycles. The second-order valence-electron chi connectivity index (χ2n) is 4.02. The van der Waals surface area contributed by atoms with E-state index >= 15 is 0 Å². The summed E-state index contributed by atoms with van der Waals surface area (Å²) in [6, 6.07) is 6.47. The van der Waals surface area contributed by atoms with Crippen LogP contribution in [0.2, 0.25) is 5.02 Å². The second-order valence-corrected chi connectivity index (χ2v) is 5.34. The number of hydrogen-bond acceptors (Lipinski definition) is 2. The van der Waals surface area contributed by atoms with Gasteiger partial charge in [-0.3, -0.25) is 0 Å². The summed E-state index contributed by atoms with van der Waals surface area (Å²) in [5.41, 5.74) is 1.03. The van der Waals surface area contributed by atoms with Crippen LogP contribution in [0.5, 0.6) is 0 Å². The van der Waals surface area contributed by atoms with E-state index in [0.717, 1.165) is 28.3 Å². The number of hydrogen-bond donors (Lipinski definition) is 1. The second kappa shape index (κ2) is 4.73. The molecule has 15 heavy (non-hydrogen) atoms. The summed E-state index contributed by atoms with van der Waals surface area (Å²) in [5.74, 6) is 0. The van der Waals surface area contributed by atoms with Crippen molar-refractivity contribution in [3.63, 3.8) is 0 Å². The maximum absolute atomic E-state index is 6.14. The van der Waals surface area contributed by atoms with Crippen molar-refractivity contribution in [3.8, 4) is 0 Å². The number of nitrogens with zero attached hydrogens (tertiary/aromatic N) is 1. The standard InChI is InChI=1S/C11H14BrClN2/c1-15-5-4-9(7-15)14-11-3-2-8(12)6-10(11)13/h2-3,6,9,14H,4-5,7H2,1H3. The zero-order chi connectivity index (χ0) is 10.8. The number of anilines is 1. The molecule has 2 rings (SSSR count). The van der Waals surface area contributed by atoms with Crippen LogP contribution >= 0.6 is 27.5 Å². The summed E-state index contributed by atoms with van der Waals surface area (Å²) in [6.45, 7) is 2.25. The molecule has 1 N–H and O–H groups in total. The van der Waals surface area contributed by atoms with E-state index in [0.29, 0.717) is 6.04 Å². The maximum Gasteiger partial charge on any atom is 0.0648 e. The minimum Gasteiger partial charge on any atom is -0.380 e. The predicted molar refractivity (Wildman–Crippen MR) is 68.7 cm³/mol. The highest BCUT2D eigenvalue weighted by Crippen LogP contribution is 2.27. The van der Waals surface area contributed by atoms with Crippen LogP contribution in [-0.2, 0) is 0 Å². The first-order chi connectivity index (χ1) is 7.15. The van der Waals surface area contributed by atoms with Gasteiger partial charge in [0.2, 0.25) is 0 Å². The Morgan fingerprint density at radius 3 is 2.93 bits per heavy atom. The zero-order valence-electron chi connectivity index (χ0n) is 8.63. The Bertz CT molecular complexity index is 356. The maximum atomic E-state index is 6.14. The van der Waals surface area contributed by atoms with Gasteiger partial charge in [0.15, 0.2) is 0 Å². The first-order valence-corrected chi connectivity index (χ1v) is 6.22. The third kappa shape index (κ3) is 2.86. The van der Waals surface area contributed by atoms with Crippen LogP contribution in [0.1, 0.15) is 6.42 Å². The SMILES string of the molecule is CN1CCC(Nc2ccc(Br)cc2Cl)C1. The van der Waals surface area contributed by atoms with Gasteiger partial charge in [-0.2, -0.15) is 0 Å². The molecule has 0 radical (unpaired) electrons. The quantitative estimate of drug-likeness (QED) is 0.899. The summed E-state index contributed by atoms with van der Waals surface area (Å²) in [4.78, 5) is 2.32. The average Bonchev–Trinajstić information content (AvgIpc) is 2.56. The van der Waals surface area contributed by atoms with Gasteiger partial charge in [0.25, 0.3) is 0 Å². The van der Waals surface area contributed by atoms with Gasteiger partial charge in [-0.25, -0.2) is 0 Å². The Morgan fingerprint density at radius 2 is 2.33 bits per heavy atom. The summed E-state index contributed by atoms with van der Waals surface area (Å²) < 4.78 is 1.02. The smallest absolute Gasteiger partial charge is 0.0648 e. The fourth-order valence-corrected chi connectivity index (χ4v) is 2.61. The highest BCUT2D eigenvalue weighted by Gasteiger charge is 2.19. The molecular weight excluding hydrogens is 275 g/mol. The molecule has 0 saturated carbocycles. The van der Waals surface area contributed by atoms with Gasteiger partial charge in [-0.15, -0.1) is 0 Å². The molecule has 1 aliphatic rings. The Hall–Kier alpha value is -0.250. The van der Waals surface area contributed by atoms with Crippen molar-refractivity contribution in [2.75, 3.05) is 25.5 Å². The summed E-state index contributed by atoms with van der Waals surface area (Å²) in [7, 11) is 2.14. The van der Waals surface area contributed by atoms with E-state index in [1.165, 1.54) is 6.42 Å². The van der Waals surface area contributed by atoms with Gasteiger partial charge < -0.3 is 10.2 Å². The fraction of sp³-hybridized carbons (Fsp3) is 0.455. The molecule has 1 aromatic rings. The molecule has 0 aromatic heterocycles. The minimum atomic E-state index is 0.522. The van der Waals surface area contributed by atoms with Crippen LogP contribution in [0.3, 0.4) is 0 Å². The van der Waals surface area contributed by atoms with E-state index in [1.807, 2.05) is 18.2 Å². The van der Waals surface area contributed by atoms with Crippen LogP contribution in [0.25, 0.3) is 0 Å². The highest BCUT2D eigenvalue weighted by atomic mass is 79.9. The van der Waals surface area contributed by atoms with Gasteiger partial charge >= 0.3 is 0 Å². The zero-order valence-corrected chi connectivity index (χ0v) is 11.0. The van der Waals surface area contributed by atoms with E-state index in [4.69, 9.17) is 11.6 Å². The Labute approximate surface area is 104 Å². The first-order valence-electron chi connectivity index (χ1n) is 5.05. The molecule has 0 bridgehead atoms. The van der Waals surface area contributed by atoms with E-state index < -0.39 is 0 Å². The van der Waals surface area contributed by atoms with E-state index in [2.05, 4.69) is 33.2 Å². The van der Waals surface area contributed by atoms with Crippen LogP contribution < -0.4 is 5.32 Å². The fourth-order valence-electron chi connectivity index (χ4n) is 1.88. The molecule has 1 aliphatic heterocycles. The highest BCUT2D eigenvalue weighted by molar-refractivity contribution is 9.10. The third-order valence-corrected chi connectivity index (χ3v) is 3.49. The average molecular weight is 290 g/mol. The molecule has 1 heterocycles. The Kier molecular flexibility index (Phi) is 3.54. The lowest BCUT2D eigenvalue weighted by Gasteiger charge is -2.15. The molecular formula is C11H14BrClN2. The Balaban J connectivity index is 2.04. The molecule has 1 fully saturated rings. The van der Waals surface area contributed by atoms with Crippen LogP contribution in [0, 0.1) is 0 Å². The van der Waals surface area contributed by atoms with Crippen molar-refractivity contribution in [2.24, 2.45) is 0 Å². The number of nitrogens with one attached hydrogen (secondary N) is 1. The molecule has 82 valence electrons. The van der Waals surface area contributed by atoms with Gasteiger partial charge in [-0.05, 0) is 38.2 Å². The lowest BCUT2D eigenvalue weighted by Crippen LogP contribution is -2.23. The summed E-state index contributed by atoms with van der Waals surface area (Å²) in [5, 5.41) is 4.25. The van der Waals surface area contributed by atoms with Crippen molar-refractivity contribution in [1.82, 2.24) is 4.90 Å². The van der Waals surface area contributed by atoms with Crippen LogP contribution in [0.15, 0.2) is 22.7 Å². The third-order valence-electron chi connectivity index (χ3n) is 2.68. The molecule has 2 nitrogen and oxygen atoms in total. The minimum absolute atomic E-state index is 0.522. The van der Waals surface area contributed by atoms with Crippen molar-refractivity contribution >= 4 is 33.2 Å². The van der Waals surface area contributed by atoms with Gasteiger partial charge in [-0.1, -0.05) is 27.5 Å². The summed E-state index contributed by atoms with van der Waals surface area (Å²) in [6.07, 6.45) is 1.18. The molecule has 1 saturated heterocycles. The van der Waals surface area contributed by atoms with E-state index in [1.54, 1.807) is 0 Å². The Morgan fingerprint density at radius 1 is 1.53 bits per heavy atom. The lowest BCUT2D eigenvalue weighted by molar-refractivity contribution is 0.414. The van der Waals surface area contributed by atoms with Crippen molar-refractivity contribution in [1.29, 1.82) is 0 Å². The molecule has 1 unspecified atom stereocenters. The number of halogens is 2. The van der Waals surface area contributed by atoms with Gasteiger partial charge in [0.1, 0.15) is 0 Å². The predicted octanol–water partition coefficient (Wildman–Crippen LogP) is 3.22. The largest absolute Gasteiger partial charge is 0.380 e. The lowest BCUT2D eigenvalue weighted by atomic mass is 10.2. The van der Waals surface area contributed by atoms with Crippen molar-refractivity contribution < 1.29 is 0 Å². The van der Waals surface area contributed by atoms with Gasteiger partial charge in [0, 0.05) is 17.1 Å². The van der Waals surface area contributed by atoms with E-state index in [-0.39, 0.29) is 0 Å². The van der Waals surface area contributed by atoms with Crippen molar-refractivity contribution in [3.05, 3.63) is 27.7 Å². The van der Waals surface area contributed by atoms with Crippen molar-refractivity contribution in [2.45, 2.75) is 12.5 Å². The summed E-state index contributed by atoms with van der Waals surface area (Å²) >= 11 is 9.54. The number of rotatable bonds is 2. The number of benzene rings is 1. The molecule has 4 heteroatoms. The van der Waals surface area contributed by atoms with Crippen LogP contribution in [-0.4, -0.2) is 31.1 Å². The molecule has 0 amide bonds. The van der Waals surface area contributed by atoms with Crippen LogP contribution in [0.4, 0.5) is 5.69 Å². The molecule has 1 atom stereocenters. The molecule has 0 spiro atoms. The normalized spacial score (nSPS) is 21.9. The van der Waals surface area contributed by atoms with E-state index in [9.17, 15) is 0 Å². The topological polar surface area (TPSA) is 15.3 Å². The monoisotopic (exact) mass is 288 g/mol. The molecule has 1 aromatic carbocycles.